The van der Waals surface area contributed by atoms with Gasteiger partial charge in [-0.05, 0) is 36.0 Å². The number of benzene rings is 1. The molecule has 0 aromatic heterocycles. The van der Waals surface area contributed by atoms with E-state index in [9.17, 15) is 4.79 Å². The molecule has 0 N–H and O–H groups in total. The molecule has 0 aliphatic rings. The Morgan fingerprint density at radius 1 is 1.35 bits per heavy atom. The van der Waals surface area contributed by atoms with Crippen molar-refractivity contribution in [2.75, 3.05) is 20.3 Å². The van der Waals surface area contributed by atoms with Crippen molar-refractivity contribution in [3.8, 4) is 5.75 Å². The lowest BCUT2D eigenvalue weighted by Gasteiger charge is -2.17. The molecule has 0 radical (unpaired) electrons. The van der Waals surface area contributed by atoms with Crippen molar-refractivity contribution < 1.29 is 14.3 Å². The van der Waals surface area contributed by atoms with Gasteiger partial charge in [-0.1, -0.05) is 26.0 Å². The highest BCUT2D eigenvalue weighted by Gasteiger charge is 2.14. The average molecular weight is 276 g/mol. The molecule has 1 aromatic carbocycles. The SMILES string of the molecule is C=CCc1cc(C(C)CC)cc(C=O)c1OCCOC. The number of hydrogen-bond acceptors (Lipinski definition) is 3. The van der Waals surface area contributed by atoms with Crippen LogP contribution < -0.4 is 4.74 Å². The summed E-state index contributed by atoms with van der Waals surface area (Å²) in [7, 11) is 1.63. The van der Waals surface area contributed by atoms with Gasteiger partial charge in [-0.2, -0.15) is 0 Å². The van der Waals surface area contributed by atoms with Gasteiger partial charge in [0.2, 0.25) is 0 Å². The molecule has 0 fully saturated rings. The molecule has 0 amide bonds. The lowest BCUT2D eigenvalue weighted by atomic mass is 9.93. The first-order chi connectivity index (χ1) is 9.67. The van der Waals surface area contributed by atoms with Gasteiger partial charge in [-0.15, -0.1) is 6.58 Å². The van der Waals surface area contributed by atoms with Crippen molar-refractivity contribution in [1.29, 1.82) is 0 Å². The molecule has 1 atom stereocenters. The number of hydrogen-bond donors (Lipinski definition) is 0. The van der Waals surface area contributed by atoms with Crippen molar-refractivity contribution in [2.45, 2.75) is 32.6 Å². The summed E-state index contributed by atoms with van der Waals surface area (Å²) in [4.78, 5) is 11.3. The van der Waals surface area contributed by atoms with E-state index in [1.165, 1.54) is 5.56 Å². The Balaban J connectivity index is 3.17. The molecule has 0 aliphatic heterocycles. The van der Waals surface area contributed by atoms with Crippen molar-refractivity contribution in [1.82, 2.24) is 0 Å². The Kier molecular flexibility index (Phi) is 7.02. The van der Waals surface area contributed by atoms with Gasteiger partial charge in [0.15, 0.2) is 6.29 Å². The van der Waals surface area contributed by atoms with E-state index in [0.29, 0.717) is 36.9 Å². The molecular weight excluding hydrogens is 252 g/mol. The molecular formula is C17H24O3. The summed E-state index contributed by atoms with van der Waals surface area (Å²) in [5.41, 5.74) is 2.79. The summed E-state index contributed by atoms with van der Waals surface area (Å²) in [5, 5.41) is 0. The molecule has 0 heterocycles. The van der Waals surface area contributed by atoms with Crippen molar-refractivity contribution in [3.05, 3.63) is 41.5 Å². The van der Waals surface area contributed by atoms with Crippen LogP contribution in [0.3, 0.4) is 0 Å². The van der Waals surface area contributed by atoms with Gasteiger partial charge in [-0.3, -0.25) is 4.79 Å². The minimum Gasteiger partial charge on any atom is -0.490 e. The number of carbonyl (C=O) groups excluding carboxylic acids is 1. The molecule has 1 rings (SSSR count). The fraction of sp³-hybridized carbons (Fsp3) is 0.471. The van der Waals surface area contributed by atoms with Crippen LogP contribution in [0.15, 0.2) is 24.8 Å². The number of rotatable bonds is 9. The molecule has 0 saturated carbocycles. The van der Waals surface area contributed by atoms with Crippen LogP contribution >= 0.6 is 0 Å². The van der Waals surface area contributed by atoms with Crippen LogP contribution in [0.25, 0.3) is 0 Å². The number of carbonyl (C=O) groups is 1. The first-order valence-corrected chi connectivity index (χ1v) is 7.02. The summed E-state index contributed by atoms with van der Waals surface area (Å²) in [6, 6.07) is 4.04. The predicted molar refractivity (Wildman–Crippen MR) is 81.8 cm³/mol. The number of allylic oxidation sites excluding steroid dienone is 1. The topological polar surface area (TPSA) is 35.5 Å². The van der Waals surface area contributed by atoms with E-state index in [1.807, 2.05) is 12.1 Å². The normalized spacial score (nSPS) is 11.9. The second kappa shape index (κ2) is 8.54. The van der Waals surface area contributed by atoms with Crippen LogP contribution in [0, 0.1) is 0 Å². The van der Waals surface area contributed by atoms with Crippen LogP contribution in [0.5, 0.6) is 5.75 Å². The highest BCUT2D eigenvalue weighted by atomic mass is 16.5. The summed E-state index contributed by atoms with van der Waals surface area (Å²) in [6.07, 6.45) is 4.41. The Morgan fingerprint density at radius 2 is 2.10 bits per heavy atom. The predicted octanol–water partition coefficient (Wildman–Crippen LogP) is 3.77. The first-order valence-electron chi connectivity index (χ1n) is 7.02. The van der Waals surface area contributed by atoms with Crippen molar-refractivity contribution >= 4 is 6.29 Å². The third kappa shape index (κ3) is 4.20. The molecule has 110 valence electrons. The zero-order valence-electron chi connectivity index (χ0n) is 12.6. The number of ether oxygens (including phenoxy) is 2. The first kappa shape index (κ1) is 16.4. The molecule has 3 heteroatoms. The van der Waals surface area contributed by atoms with E-state index < -0.39 is 0 Å². The largest absolute Gasteiger partial charge is 0.490 e. The monoisotopic (exact) mass is 276 g/mol. The Hall–Kier alpha value is -1.61. The molecule has 1 unspecified atom stereocenters. The maximum absolute atomic E-state index is 11.3. The molecule has 0 spiro atoms. The second-order valence-electron chi connectivity index (χ2n) is 4.86. The number of methoxy groups -OCH3 is 1. The lowest BCUT2D eigenvalue weighted by molar-refractivity contribution is 0.111. The minimum absolute atomic E-state index is 0.422. The molecule has 0 aliphatic carbocycles. The van der Waals surface area contributed by atoms with Gasteiger partial charge in [0.25, 0.3) is 0 Å². The highest BCUT2D eigenvalue weighted by molar-refractivity contribution is 5.81. The fourth-order valence-electron chi connectivity index (χ4n) is 2.06. The van der Waals surface area contributed by atoms with Crippen molar-refractivity contribution in [2.24, 2.45) is 0 Å². The smallest absolute Gasteiger partial charge is 0.153 e. The summed E-state index contributed by atoms with van der Waals surface area (Å²) >= 11 is 0. The van der Waals surface area contributed by atoms with Gasteiger partial charge in [-0.25, -0.2) is 0 Å². The Bertz CT molecular complexity index is 452. The van der Waals surface area contributed by atoms with Crippen LogP contribution in [-0.2, 0) is 11.2 Å². The van der Waals surface area contributed by atoms with E-state index in [4.69, 9.17) is 9.47 Å². The standard InChI is InChI=1S/C17H24O3/c1-5-7-14-10-15(13(3)6-2)11-16(12-18)17(14)20-9-8-19-4/h5,10-13H,1,6-9H2,2-4H3. The molecule has 20 heavy (non-hydrogen) atoms. The second-order valence-corrected chi connectivity index (χ2v) is 4.86. The minimum atomic E-state index is 0.422. The molecule has 3 nitrogen and oxygen atoms in total. The van der Waals surface area contributed by atoms with Crippen molar-refractivity contribution in [3.63, 3.8) is 0 Å². The van der Waals surface area contributed by atoms with Gasteiger partial charge >= 0.3 is 0 Å². The average Bonchev–Trinajstić information content (AvgIpc) is 2.47. The van der Waals surface area contributed by atoms with Gasteiger partial charge < -0.3 is 9.47 Å². The summed E-state index contributed by atoms with van der Waals surface area (Å²) in [5.74, 6) is 1.08. The van der Waals surface area contributed by atoms with Crippen LogP contribution in [0.2, 0.25) is 0 Å². The summed E-state index contributed by atoms with van der Waals surface area (Å²) < 4.78 is 10.7. The van der Waals surface area contributed by atoms with Crippen LogP contribution in [0.4, 0.5) is 0 Å². The van der Waals surface area contributed by atoms with E-state index in [2.05, 4.69) is 26.5 Å². The molecule has 1 aromatic rings. The quantitative estimate of drug-likeness (QED) is 0.391. The van der Waals surface area contributed by atoms with Gasteiger partial charge in [0.1, 0.15) is 12.4 Å². The molecule has 0 bridgehead atoms. The zero-order valence-corrected chi connectivity index (χ0v) is 12.6. The third-order valence-corrected chi connectivity index (χ3v) is 3.42. The van der Waals surface area contributed by atoms with Gasteiger partial charge in [0.05, 0.1) is 12.2 Å². The van der Waals surface area contributed by atoms with E-state index >= 15 is 0 Å². The highest BCUT2D eigenvalue weighted by Crippen LogP contribution is 2.30. The lowest BCUT2D eigenvalue weighted by Crippen LogP contribution is -2.09. The fourth-order valence-corrected chi connectivity index (χ4v) is 2.06. The van der Waals surface area contributed by atoms with E-state index in [1.54, 1.807) is 7.11 Å². The maximum atomic E-state index is 11.3. The number of aldehydes is 1. The molecule has 0 saturated heterocycles. The Morgan fingerprint density at radius 3 is 2.65 bits per heavy atom. The van der Waals surface area contributed by atoms with Crippen LogP contribution in [0.1, 0.15) is 47.7 Å². The van der Waals surface area contributed by atoms with Gasteiger partial charge in [0, 0.05) is 7.11 Å². The van der Waals surface area contributed by atoms with E-state index in [0.717, 1.165) is 18.3 Å². The Labute approximate surface area is 121 Å². The summed E-state index contributed by atoms with van der Waals surface area (Å²) in [6.45, 7) is 9.01. The third-order valence-electron chi connectivity index (χ3n) is 3.42. The maximum Gasteiger partial charge on any atom is 0.153 e. The van der Waals surface area contributed by atoms with Crippen LogP contribution in [-0.4, -0.2) is 26.6 Å². The zero-order chi connectivity index (χ0) is 15.0. The van der Waals surface area contributed by atoms with E-state index in [-0.39, 0.29) is 0 Å².